The van der Waals surface area contributed by atoms with E-state index < -0.39 is 4.92 Å². The van der Waals surface area contributed by atoms with E-state index in [2.05, 4.69) is 9.97 Å². The molecule has 2 heterocycles. The monoisotopic (exact) mass is 233 g/mol. The summed E-state index contributed by atoms with van der Waals surface area (Å²) in [5, 5.41) is 10.7. The highest BCUT2D eigenvalue weighted by molar-refractivity contribution is 5.43. The minimum Gasteiger partial charge on any atom is -0.383 e. The van der Waals surface area contributed by atoms with Crippen LogP contribution in [0.15, 0.2) is 24.5 Å². The fourth-order valence-corrected chi connectivity index (χ4v) is 1.52. The van der Waals surface area contributed by atoms with Gasteiger partial charge in [-0.25, -0.2) is 9.97 Å². The molecular formula is C10H11N5O2. The first kappa shape index (κ1) is 11.1. The van der Waals surface area contributed by atoms with E-state index >= 15 is 0 Å². The summed E-state index contributed by atoms with van der Waals surface area (Å²) in [5.74, 6) is 0.917. The van der Waals surface area contributed by atoms with Gasteiger partial charge in [0.1, 0.15) is 11.6 Å². The largest absolute Gasteiger partial charge is 0.383 e. The van der Waals surface area contributed by atoms with E-state index in [0.717, 1.165) is 5.82 Å². The first-order chi connectivity index (χ1) is 8.06. The van der Waals surface area contributed by atoms with Crippen molar-refractivity contribution in [1.29, 1.82) is 0 Å². The van der Waals surface area contributed by atoms with Gasteiger partial charge in [-0.15, -0.1) is 0 Å². The Morgan fingerprint density at radius 1 is 1.53 bits per heavy atom. The van der Waals surface area contributed by atoms with Gasteiger partial charge in [0.15, 0.2) is 0 Å². The Kier molecular flexibility index (Phi) is 2.73. The Morgan fingerprint density at radius 2 is 2.29 bits per heavy atom. The van der Waals surface area contributed by atoms with Crippen molar-refractivity contribution in [2.75, 3.05) is 5.73 Å². The topological polar surface area (TPSA) is 99.9 Å². The molecule has 0 unspecified atom stereocenters. The van der Waals surface area contributed by atoms with Gasteiger partial charge in [-0.2, -0.15) is 0 Å². The quantitative estimate of drug-likeness (QED) is 0.627. The summed E-state index contributed by atoms with van der Waals surface area (Å²) in [6, 6.07) is 2.65. The molecule has 0 aliphatic heterocycles. The predicted molar refractivity (Wildman–Crippen MR) is 61.3 cm³/mol. The van der Waals surface area contributed by atoms with Crippen molar-refractivity contribution in [3.05, 3.63) is 46.2 Å². The maximum absolute atomic E-state index is 10.7. The van der Waals surface area contributed by atoms with Crippen LogP contribution in [0.5, 0.6) is 0 Å². The molecule has 2 aromatic heterocycles. The Bertz CT molecular complexity index is 564. The van der Waals surface area contributed by atoms with Gasteiger partial charge in [-0.05, 0) is 0 Å². The molecule has 0 amide bonds. The summed E-state index contributed by atoms with van der Waals surface area (Å²) in [6.45, 7) is 0. The number of nitrogens with zero attached hydrogens (tertiary/aromatic N) is 4. The number of aryl methyl sites for hydroxylation is 1. The van der Waals surface area contributed by atoms with Crippen LogP contribution < -0.4 is 5.73 Å². The molecule has 0 fully saturated rings. The molecule has 2 rings (SSSR count). The van der Waals surface area contributed by atoms with Gasteiger partial charge in [-0.3, -0.25) is 10.1 Å². The molecule has 2 aromatic rings. The smallest absolute Gasteiger partial charge is 0.274 e. The summed E-state index contributed by atoms with van der Waals surface area (Å²) in [7, 11) is 1.85. The minimum atomic E-state index is -0.486. The van der Waals surface area contributed by atoms with E-state index in [1.165, 1.54) is 12.1 Å². The van der Waals surface area contributed by atoms with Gasteiger partial charge in [0.2, 0.25) is 0 Å². The molecule has 0 radical (unpaired) electrons. The number of imidazole rings is 1. The number of anilines is 1. The number of nitrogen functional groups attached to an aromatic ring is 1. The summed E-state index contributed by atoms with van der Waals surface area (Å²) >= 11 is 0. The van der Waals surface area contributed by atoms with Crippen LogP contribution in [0.1, 0.15) is 11.5 Å². The van der Waals surface area contributed by atoms with Crippen molar-refractivity contribution in [2.24, 2.45) is 7.05 Å². The predicted octanol–water partition coefficient (Wildman–Crippen LogP) is 0.896. The van der Waals surface area contributed by atoms with Crippen molar-refractivity contribution < 1.29 is 4.92 Å². The molecular weight excluding hydrogens is 222 g/mol. The number of hydrogen-bond acceptors (Lipinski definition) is 5. The molecule has 0 aliphatic rings. The molecule has 0 bridgehead atoms. The zero-order valence-electron chi connectivity index (χ0n) is 9.20. The summed E-state index contributed by atoms with van der Waals surface area (Å²) in [5.41, 5.74) is 6.00. The number of nitrogens with two attached hydrogens (primary N) is 1. The third-order valence-corrected chi connectivity index (χ3v) is 2.35. The SMILES string of the molecule is Cn1ccnc1Cc1cc([N+](=O)[O-])cc(N)n1. The Morgan fingerprint density at radius 3 is 2.88 bits per heavy atom. The standard InChI is InChI=1S/C10H11N5O2/c1-14-3-2-12-10(14)5-7-4-8(15(16)17)6-9(11)13-7/h2-4,6H,5H2,1H3,(H2,11,13). The highest BCUT2D eigenvalue weighted by atomic mass is 16.6. The summed E-state index contributed by atoms with van der Waals surface area (Å²) in [6.07, 6.45) is 3.88. The first-order valence-corrected chi connectivity index (χ1v) is 4.93. The molecule has 0 saturated carbocycles. The Labute approximate surface area is 97.1 Å². The van der Waals surface area contributed by atoms with Crippen molar-refractivity contribution in [1.82, 2.24) is 14.5 Å². The lowest BCUT2D eigenvalue weighted by Gasteiger charge is -2.02. The van der Waals surface area contributed by atoms with E-state index in [9.17, 15) is 10.1 Å². The van der Waals surface area contributed by atoms with Crippen molar-refractivity contribution in [3.63, 3.8) is 0 Å². The molecule has 0 aliphatic carbocycles. The Balaban J connectivity index is 2.33. The number of rotatable bonds is 3. The second kappa shape index (κ2) is 4.20. The van der Waals surface area contributed by atoms with Gasteiger partial charge in [0, 0.05) is 31.9 Å². The van der Waals surface area contributed by atoms with Crippen LogP contribution in [0, 0.1) is 10.1 Å². The highest BCUT2D eigenvalue weighted by Gasteiger charge is 2.11. The normalized spacial score (nSPS) is 10.4. The van der Waals surface area contributed by atoms with Crippen LogP contribution in [0.4, 0.5) is 11.5 Å². The molecule has 88 valence electrons. The third kappa shape index (κ3) is 2.39. The molecule has 0 aromatic carbocycles. The molecule has 0 atom stereocenters. The number of pyridine rings is 1. The first-order valence-electron chi connectivity index (χ1n) is 4.93. The fraction of sp³-hybridized carbons (Fsp3) is 0.200. The average molecular weight is 233 g/mol. The average Bonchev–Trinajstić information content (AvgIpc) is 2.63. The Hall–Kier alpha value is -2.44. The van der Waals surface area contributed by atoms with Crippen molar-refractivity contribution in [2.45, 2.75) is 6.42 Å². The fourth-order valence-electron chi connectivity index (χ4n) is 1.52. The molecule has 0 saturated heterocycles. The molecule has 7 heteroatoms. The summed E-state index contributed by atoms with van der Waals surface area (Å²) < 4.78 is 1.83. The molecule has 0 spiro atoms. The van der Waals surface area contributed by atoms with Gasteiger partial charge >= 0.3 is 0 Å². The maximum atomic E-state index is 10.7. The zero-order valence-corrected chi connectivity index (χ0v) is 9.20. The van der Waals surface area contributed by atoms with E-state index in [-0.39, 0.29) is 11.5 Å². The third-order valence-electron chi connectivity index (χ3n) is 2.35. The second-order valence-electron chi connectivity index (χ2n) is 3.63. The van der Waals surface area contributed by atoms with Gasteiger partial charge in [0.05, 0.1) is 16.7 Å². The van der Waals surface area contributed by atoms with E-state index in [1.54, 1.807) is 12.4 Å². The van der Waals surface area contributed by atoms with Crippen LogP contribution in [0.3, 0.4) is 0 Å². The zero-order chi connectivity index (χ0) is 12.4. The lowest BCUT2D eigenvalue weighted by molar-refractivity contribution is -0.384. The number of aromatic nitrogens is 3. The van der Waals surface area contributed by atoms with Crippen LogP contribution in [-0.2, 0) is 13.5 Å². The summed E-state index contributed by atoms with van der Waals surface area (Å²) in [4.78, 5) is 18.4. The lowest BCUT2D eigenvalue weighted by Crippen LogP contribution is -2.03. The van der Waals surface area contributed by atoms with E-state index in [0.29, 0.717) is 12.1 Å². The molecule has 2 N–H and O–H groups in total. The van der Waals surface area contributed by atoms with Crippen molar-refractivity contribution in [3.8, 4) is 0 Å². The van der Waals surface area contributed by atoms with E-state index in [4.69, 9.17) is 5.73 Å². The number of hydrogen-bond donors (Lipinski definition) is 1. The van der Waals surface area contributed by atoms with Crippen LogP contribution in [0.2, 0.25) is 0 Å². The lowest BCUT2D eigenvalue weighted by atomic mass is 10.2. The van der Waals surface area contributed by atoms with Gasteiger partial charge in [-0.1, -0.05) is 0 Å². The number of nitro groups is 1. The minimum absolute atomic E-state index is 0.0540. The highest BCUT2D eigenvalue weighted by Crippen LogP contribution is 2.17. The van der Waals surface area contributed by atoms with Gasteiger partial charge < -0.3 is 10.3 Å². The maximum Gasteiger partial charge on any atom is 0.274 e. The molecule has 17 heavy (non-hydrogen) atoms. The van der Waals surface area contributed by atoms with Crippen LogP contribution >= 0.6 is 0 Å². The molecule has 7 nitrogen and oxygen atoms in total. The van der Waals surface area contributed by atoms with Crippen molar-refractivity contribution >= 4 is 11.5 Å². The van der Waals surface area contributed by atoms with E-state index in [1.807, 2.05) is 11.6 Å². The van der Waals surface area contributed by atoms with Gasteiger partial charge in [0.25, 0.3) is 5.69 Å². The van der Waals surface area contributed by atoms with Crippen LogP contribution in [-0.4, -0.2) is 19.5 Å². The second-order valence-corrected chi connectivity index (χ2v) is 3.63. The van der Waals surface area contributed by atoms with Crippen LogP contribution in [0.25, 0.3) is 0 Å².